The number of rotatable bonds is 3. The van der Waals surface area contributed by atoms with Gasteiger partial charge in [0.15, 0.2) is 5.82 Å². The molecule has 16 heavy (non-hydrogen) atoms. The lowest BCUT2D eigenvalue weighted by Gasteiger charge is -2.18. The van der Waals surface area contributed by atoms with Crippen LogP contribution in [0.4, 0.5) is 5.82 Å². The highest BCUT2D eigenvalue weighted by Gasteiger charge is 2.10. The van der Waals surface area contributed by atoms with E-state index in [-0.39, 0.29) is 5.28 Å². The number of hydrogen-bond acceptors (Lipinski definition) is 4. The van der Waals surface area contributed by atoms with E-state index in [9.17, 15) is 0 Å². The van der Waals surface area contributed by atoms with Gasteiger partial charge in [-0.2, -0.15) is 16.3 Å². The van der Waals surface area contributed by atoms with Crippen molar-refractivity contribution in [1.29, 1.82) is 0 Å². The third kappa shape index (κ3) is 2.64. The van der Waals surface area contributed by atoms with Crippen molar-refractivity contribution in [1.82, 2.24) is 9.97 Å². The molecule has 2 aromatic heterocycles. The normalized spacial score (nSPS) is 10.4. The number of hydrogen-bond donors (Lipinski definition) is 0. The molecule has 2 rings (SSSR count). The number of halogens is 2. The SMILES string of the molecule is CN(Cc1ccsc1)c1nc(Cl)ncc1Cl. The van der Waals surface area contributed by atoms with Gasteiger partial charge in [-0.15, -0.1) is 0 Å². The second-order valence-corrected chi connectivity index (χ2v) is 4.82. The zero-order valence-electron chi connectivity index (χ0n) is 8.52. The molecule has 2 aromatic rings. The lowest BCUT2D eigenvalue weighted by atomic mass is 10.3. The Labute approximate surface area is 108 Å². The lowest BCUT2D eigenvalue weighted by molar-refractivity contribution is 0.895. The van der Waals surface area contributed by atoms with E-state index >= 15 is 0 Å². The van der Waals surface area contributed by atoms with Gasteiger partial charge in [-0.3, -0.25) is 0 Å². The van der Waals surface area contributed by atoms with E-state index in [2.05, 4.69) is 21.4 Å². The molecule has 0 aliphatic carbocycles. The molecule has 0 unspecified atom stereocenters. The van der Waals surface area contributed by atoms with Crippen LogP contribution < -0.4 is 4.90 Å². The lowest BCUT2D eigenvalue weighted by Crippen LogP contribution is -2.18. The highest BCUT2D eigenvalue weighted by Crippen LogP contribution is 2.24. The first kappa shape index (κ1) is 11.6. The Kier molecular flexibility index (Phi) is 3.63. The summed E-state index contributed by atoms with van der Waals surface area (Å²) < 4.78 is 0. The Morgan fingerprint density at radius 2 is 2.25 bits per heavy atom. The molecule has 0 N–H and O–H groups in total. The van der Waals surface area contributed by atoms with Crippen LogP contribution in [0, 0.1) is 0 Å². The predicted octanol–water partition coefficient (Wildman–Crippen LogP) is 3.48. The minimum atomic E-state index is 0.205. The van der Waals surface area contributed by atoms with Crippen LogP contribution in [0.2, 0.25) is 10.3 Å². The summed E-state index contributed by atoms with van der Waals surface area (Å²) in [6.45, 7) is 0.747. The monoisotopic (exact) mass is 273 g/mol. The molecule has 84 valence electrons. The summed E-state index contributed by atoms with van der Waals surface area (Å²) in [5.41, 5.74) is 1.22. The molecular weight excluding hydrogens is 265 g/mol. The first-order valence-corrected chi connectivity index (χ1v) is 6.27. The molecule has 0 aliphatic rings. The van der Waals surface area contributed by atoms with Crippen molar-refractivity contribution >= 4 is 40.4 Å². The molecule has 0 amide bonds. The van der Waals surface area contributed by atoms with Crippen LogP contribution in [0.15, 0.2) is 23.0 Å². The Hall–Kier alpha value is -0.840. The van der Waals surface area contributed by atoms with E-state index in [1.807, 2.05) is 17.3 Å². The molecule has 0 aromatic carbocycles. The molecule has 0 atom stereocenters. The summed E-state index contributed by atoms with van der Waals surface area (Å²) in [6.07, 6.45) is 1.51. The third-order valence-corrected chi connectivity index (χ3v) is 3.24. The van der Waals surface area contributed by atoms with E-state index in [0.29, 0.717) is 10.8 Å². The summed E-state index contributed by atoms with van der Waals surface area (Å²) in [5.74, 6) is 0.646. The average Bonchev–Trinajstić information content (AvgIpc) is 2.74. The molecule has 0 saturated carbocycles. The molecule has 0 radical (unpaired) electrons. The maximum Gasteiger partial charge on any atom is 0.224 e. The first-order chi connectivity index (χ1) is 7.66. The molecule has 2 heterocycles. The van der Waals surface area contributed by atoms with Crippen LogP contribution in [-0.2, 0) is 6.54 Å². The minimum Gasteiger partial charge on any atom is -0.354 e. The number of aromatic nitrogens is 2. The van der Waals surface area contributed by atoms with Gasteiger partial charge in [0.25, 0.3) is 0 Å². The minimum absolute atomic E-state index is 0.205. The van der Waals surface area contributed by atoms with Gasteiger partial charge in [-0.25, -0.2) is 4.98 Å². The van der Waals surface area contributed by atoms with Crippen molar-refractivity contribution in [2.24, 2.45) is 0 Å². The number of nitrogens with zero attached hydrogens (tertiary/aromatic N) is 3. The zero-order valence-corrected chi connectivity index (χ0v) is 10.9. The van der Waals surface area contributed by atoms with Gasteiger partial charge in [0, 0.05) is 13.6 Å². The van der Waals surface area contributed by atoms with Crippen molar-refractivity contribution in [3.8, 4) is 0 Å². The summed E-state index contributed by atoms with van der Waals surface area (Å²) in [4.78, 5) is 9.86. The van der Waals surface area contributed by atoms with E-state index in [1.165, 1.54) is 11.8 Å². The average molecular weight is 274 g/mol. The van der Waals surface area contributed by atoms with Crippen LogP contribution in [0.5, 0.6) is 0 Å². The molecular formula is C10H9Cl2N3S. The van der Waals surface area contributed by atoms with E-state index in [0.717, 1.165) is 6.54 Å². The van der Waals surface area contributed by atoms with Gasteiger partial charge >= 0.3 is 0 Å². The highest BCUT2D eigenvalue weighted by atomic mass is 35.5. The van der Waals surface area contributed by atoms with Gasteiger partial charge in [0.2, 0.25) is 5.28 Å². The number of thiophene rings is 1. The Bertz CT molecular complexity index is 473. The summed E-state index contributed by atoms with van der Waals surface area (Å²) >= 11 is 13.4. The zero-order chi connectivity index (χ0) is 11.5. The van der Waals surface area contributed by atoms with Crippen LogP contribution >= 0.6 is 34.5 Å². The van der Waals surface area contributed by atoms with Gasteiger partial charge in [0.1, 0.15) is 5.02 Å². The van der Waals surface area contributed by atoms with Gasteiger partial charge in [0.05, 0.1) is 6.20 Å². The Morgan fingerprint density at radius 1 is 1.44 bits per heavy atom. The van der Waals surface area contributed by atoms with Crippen molar-refractivity contribution in [2.45, 2.75) is 6.54 Å². The summed E-state index contributed by atoms with van der Waals surface area (Å²) in [7, 11) is 1.92. The first-order valence-electron chi connectivity index (χ1n) is 4.57. The summed E-state index contributed by atoms with van der Waals surface area (Å²) in [5, 5.41) is 4.84. The maximum absolute atomic E-state index is 6.01. The van der Waals surface area contributed by atoms with Crippen molar-refractivity contribution in [2.75, 3.05) is 11.9 Å². The number of anilines is 1. The van der Waals surface area contributed by atoms with Crippen molar-refractivity contribution in [3.05, 3.63) is 38.9 Å². The molecule has 3 nitrogen and oxygen atoms in total. The van der Waals surface area contributed by atoms with E-state index < -0.39 is 0 Å². The van der Waals surface area contributed by atoms with Gasteiger partial charge in [-0.1, -0.05) is 11.6 Å². The molecule has 0 saturated heterocycles. The smallest absolute Gasteiger partial charge is 0.224 e. The Balaban J connectivity index is 2.20. The molecule has 6 heteroatoms. The van der Waals surface area contributed by atoms with E-state index in [1.54, 1.807) is 11.3 Å². The maximum atomic E-state index is 6.01. The fourth-order valence-electron chi connectivity index (χ4n) is 1.34. The molecule has 0 fully saturated rings. The second kappa shape index (κ2) is 4.99. The third-order valence-electron chi connectivity index (χ3n) is 2.06. The topological polar surface area (TPSA) is 29.0 Å². The fraction of sp³-hybridized carbons (Fsp3) is 0.200. The van der Waals surface area contributed by atoms with Gasteiger partial charge in [-0.05, 0) is 34.0 Å². The largest absolute Gasteiger partial charge is 0.354 e. The molecule has 0 bridgehead atoms. The molecule has 0 aliphatic heterocycles. The van der Waals surface area contributed by atoms with Crippen LogP contribution in [-0.4, -0.2) is 17.0 Å². The van der Waals surface area contributed by atoms with Crippen LogP contribution in [0.1, 0.15) is 5.56 Å². The van der Waals surface area contributed by atoms with Crippen molar-refractivity contribution in [3.63, 3.8) is 0 Å². The van der Waals surface area contributed by atoms with E-state index in [4.69, 9.17) is 23.2 Å². The van der Waals surface area contributed by atoms with Crippen molar-refractivity contribution < 1.29 is 0 Å². The van der Waals surface area contributed by atoms with Crippen LogP contribution in [0.3, 0.4) is 0 Å². The Morgan fingerprint density at radius 3 is 2.94 bits per heavy atom. The predicted molar refractivity (Wildman–Crippen MR) is 68.5 cm³/mol. The standard InChI is InChI=1S/C10H9Cl2N3S/c1-15(5-7-2-3-16-6-7)9-8(11)4-13-10(12)14-9/h2-4,6H,5H2,1H3. The summed E-state index contributed by atoms with van der Waals surface area (Å²) in [6, 6.07) is 2.07. The quantitative estimate of drug-likeness (QED) is 0.802. The van der Waals surface area contributed by atoms with Gasteiger partial charge < -0.3 is 4.90 Å². The van der Waals surface area contributed by atoms with Crippen LogP contribution in [0.25, 0.3) is 0 Å². The molecule has 0 spiro atoms. The highest BCUT2D eigenvalue weighted by molar-refractivity contribution is 7.07. The second-order valence-electron chi connectivity index (χ2n) is 3.30. The fourth-order valence-corrected chi connectivity index (χ4v) is 2.36.